The molecule has 0 bridgehead atoms. The highest BCUT2D eigenvalue weighted by Crippen LogP contribution is 2.19. The summed E-state index contributed by atoms with van der Waals surface area (Å²) in [5.74, 6) is -1.26. The molecule has 0 spiro atoms. The van der Waals surface area contributed by atoms with Gasteiger partial charge in [0.1, 0.15) is 6.07 Å². The van der Waals surface area contributed by atoms with E-state index in [1.54, 1.807) is 13.0 Å². The first-order chi connectivity index (χ1) is 9.93. The third-order valence-electron chi connectivity index (χ3n) is 2.87. The molecule has 1 aromatic carbocycles. The molecule has 2 amide bonds. The van der Waals surface area contributed by atoms with E-state index in [0.717, 1.165) is 0 Å². The summed E-state index contributed by atoms with van der Waals surface area (Å²) in [4.78, 5) is 22.2. The summed E-state index contributed by atoms with van der Waals surface area (Å²) >= 11 is 5.85. The van der Waals surface area contributed by atoms with Gasteiger partial charge < -0.3 is 15.7 Å². The topological polar surface area (TPSA) is 102 Å². The largest absolute Gasteiger partial charge is 0.481 e. The van der Waals surface area contributed by atoms with Crippen molar-refractivity contribution in [3.8, 4) is 6.07 Å². The molecule has 1 aromatic rings. The van der Waals surface area contributed by atoms with Crippen LogP contribution in [-0.2, 0) is 4.79 Å². The van der Waals surface area contributed by atoms with Gasteiger partial charge in [0.2, 0.25) is 0 Å². The Morgan fingerprint density at radius 3 is 2.76 bits per heavy atom. The molecule has 21 heavy (non-hydrogen) atoms. The molecular weight excluding hydrogens is 294 g/mol. The molecule has 1 rings (SSSR count). The molecule has 0 aliphatic rings. The van der Waals surface area contributed by atoms with Gasteiger partial charge in [-0.1, -0.05) is 18.5 Å². The van der Waals surface area contributed by atoms with Gasteiger partial charge in [-0.3, -0.25) is 4.79 Å². The molecule has 0 radical (unpaired) electrons. The molecule has 6 nitrogen and oxygen atoms in total. The molecule has 0 aliphatic heterocycles. The van der Waals surface area contributed by atoms with Crippen molar-refractivity contribution in [1.29, 1.82) is 5.26 Å². The molecule has 0 fully saturated rings. The summed E-state index contributed by atoms with van der Waals surface area (Å²) in [6.07, 6.45) is 1.08. The molecule has 1 unspecified atom stereocenters. The van der Waals surface area contributed by atoms with E-state index in [4.69, 9.17) is 22.0 Å². The Morgan fingerprint density at radius 2 is 2.19 bits per heavy atom. The van der Waals surface area contributed by atoms with Crippen LogP contribution in [0.2, 0.25) is 5.02 Å². The number of anilines is 1. The molecule has 3 N–H and O–H groups in total. The van der Waals surface area contributed by atoms with E-state index in [0.29, 0.717) is 30.6 Å². The zero-order chi connectivity index (χ0) is 15.8. The minimum Gasteiger partial charge on any atom is -0.481 e. The lowest BCUT2D eigenvalue weighted by Gasteiger charge is -2.09. The Hall–Kier alpha value is -2.26. The predicted octanol–water partition coefficient (Wildman–Crippen LogP) is 2.83. The zero-order valence-electron chi connectivity index (χ0n) is 11.5. The lowest BCUT2D eigenvalue weighted by molar-refractivity contribution is -0.141. The van der Waals surface area contributed by atoms with Crippen LogP contribution in [0.25, 0.3) is 0 Å². The quantitative estimate of drug-likeness (QED) is 0.703. The highest BCUT2D eigenvalue weighted by atomic mass is 35.5. The summed E-state index contributed by atoms with van der Waals surface area (Å²) < 4.78 is 0. The summed E-state index contributed by atoms with van der Waals surface area (Å²) in [5, 5.41) is 22.9. The summed E-state index contributed by atoms with van der Waals surface area (Å²) in [6.45, 7) is 2.01. The molecule has 112 valence electrons. The number of halogens is 1. The third-order valence-corrected chi connectivity index (χ3v) is 3.18. The first kappa shape index (κ1) is 16.8. The number of nitriles is 1. The number of urea groups is 1. The van der Waals surface area contributed by atoms with Crippen LogP contribution in [0.4, 0.5) is 10.5 Å². The predicted molar refractivity (Wildman–Crippen MR) is 79.2 cm³/mol. The summed E-state index contributed by atoms with van der Waals surface area (Å²) in [5.41, 5.74) is 0.820. The van der Waals surface area contributed by atoms with Gasteiger partial charge in [-0.25, -0.2) is 4.79 Å². The number of amides is 2. The van der Waals surface area contributed by atoms with E-state index >= 15 is 0 Å². The number of hydrogen-bond acceptors (Lipinski definition) is 3. The number of nitrogens with one attached hydrogen (secondary N) is 2. The lowest BCUT2D eigenvalue weighted by Crippen LogP contribution is -2.29. The number of aliphatic carboxylic acids is 1. The van der Waals surface area contributed by atoms with Crippen LogP contribution in [0.5, 0.6) is 0 Å². The van der Waals surface area contributed by atoms with E-state index in [9.17, 15) is 9.59 Å². The number of carboxylic acids is 1. The van der Waals surface area contributed by atoms with E-state index in [-0.39, 0.29) is 5.02 Å². The van der Waals surface area contributed by atoms with Gasteiger partial charge in [0.25, 0.3) is 0 Å². The van der Waals surface area contributed by atoms with E-state index < -0.39 is 17.9 Å². The zero-order valence-corrected chi connectivity index (χ0v) is 12.3. The van der Waals surface area contributed by atoms with Crippen molar-refractivity contribution in [3.05, 3.63) is 28.8 Å². The summed E-state index contributed by atoms with van der Waals surface area (Å²) in [6, 6.07) is 6.12. The standard InChI is InChI=1S/C14H16ClN3O3/c1-9(13(19)20)3-2-6-17-14(21)18-11-5-4-10(8-16)12(15)7-11/h4-5,7,9H,2-3,6H2,1H3,(H,19,20)(H2,17,18,21). The summed E-state index contributed by atoms with van der Waals surface area (Å²) in [7, 11) is 0. The second-order valence-corrected chi connectivity index (χ2v) is 4.98. The number of carbonyl (C=O) groups excluding carboxylic acids is 1. The van der Waals surface area contributed by atoms with Crippen LogP contribution >= 0.6 is 11.6 Å². The molecule has 0 saturated heterocycles. The number of hydrogen-bond donors (Lipinski definition) is 3. The minimum absolute atomic E-state index is 0.269. The highest BCUT2D eigenvalue weighted by Gasteiger charge is 2.10. The Labute approximate surface area is 127 Å². The lowest BCUT2D eigenvalue weighted by atomic mass is 10.1. The van der Waals surface area contributed by atoms with Gasteiger partial charge in [-0.2, -0.15) is 5.26 Å². The maximum absolute atomic E-state index is 11.6. The van der Waals surface area contributed by atoms with Crippen LogP contribution in [0, 0.1) is 17.2 Å². The van der Waals surface area contributed by atoms with E-state index in [2.05, 4.69) is 10.6 Å². The van der Waals surface area contributed by atoms with Crippen LogP contribution in [0.1, 0.15) is 25.3 Å². The Morgan fingerprint density at radius 1 is 1.48 bits per heavy atom. The minimum atomic E-state index is -0.841. The molecule has 0 heterocycles. The van der Waals surface area contributed by atoms with Gasteiger partial charge in [-0.15, -0.1) is 0 Å². The Bertz CT molecular complexity index is 569. The number of carboxylic acid groups (broad SMARTS) is 1. The average molecular weight is 310 g/mol. The monoisotopic (exact) mass is 309 g/mol. The fourth-order valence-corrected chi connectivity index (χ4v) is 1.82. The fourth-order valence-electron chi connectivity index (χ4n) is 1.59. The normalized spacial score (nSPS) is 11.3. The van der Waals surface area contributed by atoms with Crippen molar-refractivity contribution in [3.63, 3.8) is 0 Å². The first-order valence-electron chi connectivity index (χ1n) is 6.41. The van der Waals surface area contributed by atoms with Crippen LogP contribution in [0.3, 0.4) is 0 Å². The van der Waals surface area contributed by atoms with Gasteiger partial charge >= 0.3 is 12.0 Å². The van der Waals surface area contributed by atoms with E-state index in [1.165, 1.54) is 12.1 Å². The number of nitrogens with zero attached hydrogens (tertiary/aromatic N) is 1. The SMILES string of the molecule is CC(CCCNC(=O)Nc1ccc(C#N)c(Cl)c1)C(=O)O. The van der Waals surface area contributed by atoms with Crippen molar-refractivity contribution in [2.45, 2.75) is 19.8 Å². The first-order valence-corrected chi connectivity index (χ1v) is 6.79. The van der Waals surface area contributed by atoms with Crippen LogP contribution in [0.15, 0.2) is 18.2 Å². The van der Waals surface area contributed by atoms with Gasteiger partial charge in [-0.05, 0) is 31.0 Å². The molecule has 0 saturated carbocycles. The van der Waals surface area contributed by atoms with Crippen LogP contribution < -0.4 is 10.6 Å². The highest BCUT2D eigenvalue weighted by molar-refractivity contribution is 6.32. The van der Waals surface area contributed by atoms with Gasteiger partial charge in [0, 0.05) is 12.2 Å². The van der Waals surface area contributed by atoms with E-state index in [1.807, 2.05) is 6.07 Å². The number of carbonyl (C=O) groups is 2. The molecule has 7 heteroatoms. The molecule has 1 atom stereocenters. The fraction of sp³-hybridized carbons (Fsp3) is 0.357. The Balaban J connectivity index is 2.36. The van der Waals surface area contributed by atoms with Gasteiger partial charge in [0.15, 0.2) is 0 Å². The Kier molecular flexibility index (Phi) is 6.50. The second kappa shape index (κ2) is 8.12. The van der Waals surface area contributed by atoms with Gasteiger partial charge in [0.05, 0.1) is 16.5 Å². The molecule has 0 aromatic heterocycles. The van der Waals surface area contributed by atoms with Crippen LogP contribution in [-0.4, -0.2) is 23.7 Å². The van der Waals surface area contributed by atoms with Crippen molar-refractivity contribution >= 4 is 29.3 Å². The molecule has 0 aliphatic carbocycles. The van der Waals surface area contributed by atoms with Crippen molar-refractivity contribution in [2.75, 3.05) is 11.9 Å². The van der Waals surface area contributed by atoms with Crippen molar-refractivity contribution < 1.29 is 14.7 Å². The van der Waals surface area contributed by atoms with Crippen molar-refractivity contribution in [1.82, 2.24) is 5.32 Å². The second-order valence-electron chi connectivity index (χ2n) is 4.57. The smallest absolute Gasteiger partial charge is 0.319 e. The maximum Gasteiger partial charge on any atom is 0.319 e. The molecular formula is C14H16ClN3O3. The number of benzene rings is 1. The third kappa shape index (κ3) is 5.71. The maximum atomic E-state index is 11.6. The number of rotatable bonds is 6. The average Bonchev–Trinajstić information content (AvgIpc) is 2.43. The van der Waals surface area contributed by atoms with Crippen molar-refractivity contribution in [2.24, 2.45) is 5.92 Å².